The van der Waals surface area contributed by atoms with E-state index in [0.29, 0.717) is 11.7 Å². The normalized spacial score (nSPS) is 27.1. The van der Waals surface area contributed by atoms with Crippen LogP contribution in [0.25, 0.3) is 0 Å². The van der Waals surface area contributed by atoms with Crippen molar-refractivity contribution in [1.29, 1.82) is 0 Å². The molecule has 1 nitrogen and oxygen atoms in total. The predicted octanol–water partition coefficient (Wildman–Crippen LogP) is 2.41. The Labute approximate surface area is 55.7 Å². The number of rotatable bonds is 0. The monoisotopic (exact) mass is 124 g/mol. The highest BCUT2D eigenvalue weighted by Gasteiger charge is 2.09. The molecule has 0 aromatic heterocycles. The number of aliphatic hydroxyl groups excluding tert-OH is 1. The molecule has 9 heavy (non-hydrogen) atoms. The Kier molecular flexibility index (Phi) is 1.60. The van der Waals surface area contributed by atoms with Crippen molar-refractivity contribution < 1.29 is 5.11 Å². The predicted molar refractivity (Wildman–Crippen MR) is 38.2 cm³/mol. The maximum atomic E-state index is 9.14. The highest BCUT2D eigenvalue weighted by Crippen LogP contribution is 2.22. The molecule has 1 rings (SSSR count). The van der Waals surface area contributed by atoms with Crippen LogP contribution in [0.15, 0.2) is 23.5 Å². The first-order chi connectivity index (χ1) is 4.22. The first-order valence-electron chi connectivity index (χ1n) is 3.28. The van der Waals surface area contributed by atoms with E-state index in [0.717, 1.165) is 12.0 Å². The Hall–Kier alpha value is -0.720. The van der Waals surface area contributed by atoms with Crippen molar-refractivity contribution in [1.82, 2.24) is 0 Å². The van der Waals surface area contributed by atoms with Crippen molar-refractivity contribution in [3.8, 4) is 0 Å². The van der Waals surface area contributed by atoms with Crippen molar-refractivity contribution in [2.45, 2.75) is 20.3 Å². The second-order valence-corrected chi connectivity index (χ2v) is 2.61. The minimum Gasteiger partial charge on any atom is -0.508 e. The van der Waals surface area contributed by atoms with Crippen LogP contribution in [-0.2, 0) is 0 Å². The minimum atomic E-state index is 0.453. The lowest BCUT2D eigenvalue weighted by molar-refractivity contribution is 0.409. The van der Waals surface area contributed by atoms with Gasteiger partial charge in [0.05, 0.1) is 0 Å². The summed E-state index contributed by atoms with van der Waals surface area (Å²) >= 11 is 0. The maximum absolute atomic E-state index is 9.14. The van der Waals surface area contributed by atoms with Crippen LogP contribution < -0.4 is 0 Å². The molecular formula is C8H12O. The highest BCUT2D eigenvalue weighted by molar-refractivity contribution is 5.23. The van der Waals surface area contributed by atoms with Crippen LogP contribution in [0.2, 0.25) is 0 Å². The van der Waals surface area contributed by atoms with Crippen LogP contribution in [0, 0.1) is 5.92 Å². The first-order valence-corrected chi connectivity index (χ1v) is 3.28. The molecule has 1 atom stereocenters. The van der Waals surface area contributed by atoms with E-state index in [1.807, 2.05) is 13.0 Å². The van der Waals surface area contributed by atoms with Crippen molar-refractivity contribution in [2.75, 3.05) is 0 Å². The van der Waals surface area contributed by atoms with Crippen LogP contribution in [0.1, 0.15) is 20.3 Å². The molecule has 0 aromatic carbocycles. The van der Waals surface area contributed by atoms with Crippen molar-refractivity contribution in [3.05, 3.63) is 23.5 Å². The molecule has 1 N–H and O–H groups in total. The fraction of sp³-hybridized carbons (Fsp3) is 0.500. The topological polar surface area (TPSA) is 20.2 Å². The highest BCUT2D eigenvalue weighted by atomic mass is 16.3. The summed E-state index contributed by atoms with van der Waals surface area (Å²) in [6.45, 7) is 4.10. The largest absolute Gasteiger partial charge is 0.508 e. The SMILES string of the molecule is CC1=C(O)C=CCC1C. The van der Waals surface area contributed by atoms with E-state index >= 15 is 0 Å². The fourth-order valence-corrected chi connectivity index (χ4v) is 0.944. The maximum Gasteiger partial charge on any atom is 0.114 e. The lowest BCUT2D eigenvalue weighted by Gasteiger charge is -2.14. The van der Waals surface area contributed by atoms with Gasteiger partial charge in [-0.2, -0.15) is 0 Å². The summed E-state index contributed by atoms with van der Waals surface area (Å²) in [5.74, 6) is 0.976. The average molecular weight is 124 g/mol. The smallest absolute Gasteiger partial charge is 0.114 e. The Bertz CT molecular complexity index is 165. The molecule has 1 aliphatic rings. The van der Waals surface area contributed by atoms with E-state index in [4.69, 9.17) is 5.11 Å². The molecule has 1 heteroatoms. The molecule has 0 bridgehead atoms. The second-order valence-electron chi connectivity index (χ2n) is 2.61. The van der Waals surface area contributed by atoms with Gasteiger partial charge in [-0.15, -0.1) is 0 Å². The third-order valence-corrected chi connectivity index (χ3v) is 1.91. The standard InChI is InChI=1S/C8H12O/c1-6-4-3-5-8(9)7(6)2/h3,5-6,9H,4H2,1-2H3. The third-order valence-electron chi connectivity index (χ3n) is 1.91. The molecular weight excluding hydrogens is 112 g/mol. The third kappa shape index (κ3) is 1.15. The van der Waals surface area contributed by atoms with Crippen molar-refractivity contribution in [2.24, 2.45) is 5.92 Å². The van der Waals surface area contributed by atoms with Gasteiger partial charge in [0.15, 0.2) is 0 Å². The molecule has 0 heterocycles. The summed E-state index contributed by atoms with van der Waals surface area (Å²) in [4.78, 5) is 0. The van der Waals surface area contributed by atoms with E-state index in [1.165, 1.54) is 0 Å². The van der Waals surface area contributed by atoms with Gasteiger partial charge < -0.3 is 5.11 Å². The zero-order valence-corrected chi connectivity index (χ0v) is 5.89. The molecule has 0 amide bonds. The number of aliphatic hydroxyl groups is 1. The fourth-order valence-electron chi connectivity index (χ4n) is 0.944. The first kappa shape index (κ1) is 6.40. The van der Waals surface area contributed by atoms with E-state index in [1.54, 1.807) is 6.08 Å². The van der Waals surface area contributed by atoms with E-state index in [9.17, 15) is 0 Å². The van der Waals surface area contributed by atoms with Crippen LogP contribution in [-0.4, -0.2) is 5.11 Å². The van der Waals surface area contributed by atoms with Gasteiger partial charge in [-0.25, -0.2) is 0 Å². The molecule has 1 aliphatic carbocycles. The zero-order valence-electron chi connectivity index (χ0n) is 5.89. The number of hydrogen-bond acceptors (Lipinski definition) is 1. The molecule has 50 valence electrons. The molecule has 0 saturated carbocycles. The van der Waals surface area contributed by atoms with Crippen LogP contribution in [0.5, 0.6) is 0 Å². The molecule has 0 fully saturated rings. The molecule has 0 aromatic rings. The van der Waals surface area contributed by atoms with Gasteiger partial charge in [0, 0.05) is 0 Å². The molecule has 0 spiro atoms. The summed E-state index contributed by atoms with van der Waals surface area (Å²) in [5.41, 5.74) is 1.11. The van der Waals surface area contributed by atoms with Crippen LogP contribution in [0.3, 0.4) is 0 Å². The Morgan fingerprint density at radius 3 is 2.78 bits per heavy atom. The number of hydrogen-bond donors (Lipinski definition) is 1. The van der Waals surface area contributed by atoms with Crippen LogP contribution >= 0.6 is 0 Å². The summed E-state index contributed by atoms with van der Waals surface area (Å²) in [6.07, 6.45) is 4.85. The van der Waals surface area contributed by atoms with Gasteiger partial charge in [-0.1, -0.05) is 13.0 Å². The Morgan fingerprint density at radius 2 is 2.33 bits per heavy atom. The summed E-state index contributed by atoms with van der Waals surface area (Å²) < 4.78 is 0. The van der Waals surface area contributed by atoms with Gasteiger partial charge in [0.1, 0.15) is 5.76 Å². The summed E-state index contributed by atoms with van der Waals surface area (Å²) in [7, 11) is 0. The van der Waals surface area contributed by atoms with Gasteiger partial charge in [-0.05, 0) is 30.9 Å². The van der Waals surface area contributed by atoms with E-state index in [-0.39, 0.29) is 0 Å². The molecule has 1 unspecified atom stereocenters. The zero-order chi connectivity index (χ0) is 6.85. The van der Waals surface area contributed by atoms with Crippen LogP contribution in [0.4, 0.5) is 0 Å². The number of allylic oxidation sites excluding steroid dienone is 3. The van der Waals surface area contributed by atoms with Gasteiger partial charge >= 0.3 is 0 Å². The second kappa shape index (κ2) is 2.26. The summed E-state index contributed by atoms with van der Waals surface area (Å²) in [5, 5.41) is 9.14. The van der Waals surface area contributed by atoms with Crippen molar-refractivity contribution >= 4 is 0 Å². The minimum absolute atomic E-state index is 0.453. The van der Waals surface area contributed by atoms with Crippen molar-refractivity contribution in [3.63, 3.8) is 0 Å². The van der Waals surface area contributed by atoms with E-state index in [2.05, 4.69) is 6.92 Å². The molecule has 0 saturated heterocycles. The lowest BCUT2D eigenvalue weighted by atomic mass is 9.94. The lowest BCUT2D eigenvalue weighted by Crippen LogP contribution is -2.01. The summed E-state index contributed by atoms with van der Waals surface area (Å²) in [6, 6.07) is 0. The molecule has 0 radical (unpaired) electrons. The van der Waals surface area contributed by atoms with Gasteiger partial charge in [0.25, 0.3) is 0 Å². The van der Waals surface area contributed by atoms with Gasteiger partial charge in [-0.3, -0.25) is 0 Å². The molecule has 0 aliphatic heterocycles. The quantitative estimate of drug-likeness (QED) is 0.525. The Balaban J connectivity index is 2.83. The van der Waals surface area contributed by atoms with E-state index < -0.39 is 0 Å². The average Bonchev–Trinajstić information content (AvgIpc) is 1.83. The van der Waals surface area contributed by atoms with Gasteiger partial charge in [0.2, 0.25) is 0 Å². The Morgan fingerprint density at radius 1 is 1.67 bits per heavy atom.